The fourth-order valence-corrected chi connectivity index (χ4v) is 2.77. The Morgan fingerprint density at radius 1 is 1.22 bits per heavy atom. The molecule has 0 radical (unpaired) electrons. The van der Waals surface area contributed by atoms with Crippen molar-refractivity contribution < 1.29 is 14.3 Å². The minimum atomic E-state index is -0.563. The fourth-order valence-electron chi connectivity index (χ4n) is 2.77. The Bertz CT molecular complexity index is 881. The highest BCUT2D eigenvalue weighted by Gasteiger charge is 2.12. The van der Waals surface area contributed by atoms with Crippen LogP contribution in [0.25, 0.3) is 6.08 Å². The number of benzene rings is 1. The number of rotatable bonds is 6. The molecule has 0 aliphatic carbocycles. The van der Waals surface area contributed by atoms with Crippen LogP contribution in [0.3, 0.4) is 0 Å². The second kappa shape index (κ2) is 8.66. The standard InChI is InChI=1S/C21H27N3O3/c1-13-7-8-18(11-14(13)2)15(3)22-20(25)12-27-21(26)10-9-19-16(4)23-24(6)17(19)5/h7-11,15H,12H2,1-6H3,(H,22,25)/b10-9+/t15-/m0/s1. The van der Waals surface area contributed by atoms with Gasteiger partial charge in [0.15, 0.2) is 6.61 Å². The molecule has 1 heterocycles. The molecular formula is C21H27N3O3. The number of nitrogens with zero attached hydrogens (tertiary/aromatic N) is 2. The SMILES string of the molecule is Cc1ccc([C@H](C)NC(=O)COC(=O)/C=C/c2c(C)nn(C)c2C)cc1C. The van der Waals surface area contributed by atoms with Gasteiger partial charge in [0, 0.05) is 24.4 Å². The summed E-state index contributed by atoms with van der Waals surface area (Å²) in [4.78, 5) is 23.9. The Balaban J connectivity index is 1.86. The van der Waals surface area contributed by atoms with E-state index in [9.17, 15) is 9.59 Å². The lowest BCUT2D eigenvalue weighted by Crippen LogP contribution is -2.31. The number of aromatic nitrogens is 2. The van der Waals surface area contributed by atoms with Crippen molar-refractivity contribution in [2.24, 2.45) is 7.05 Å². The minimum Gasteiger partial charge on any atom is -0.452 e. The Labute approximate surface area is 160 Å². The summed E-state index contributed by atoms with van der Waals surface area (Å²) in [7, 11) is 1.85. The van der Waals surface area contributed by atoms with E-state index in [1.165, 1.54) is 17.2 Å². The average molecular weight is 369 g/mol. The van der Waals surface area contributed by atoms with Gasteiger partial charge in [-0.3, -0.25) is 9.48 Å². The van der Waals surface area contributed by atoms with Crippen LogP contribution in [0.4, 0.5) is 0 Å². The minimum absolute atomic E-state index is 0.160. The normalized spacial score (nSPS) is 12.2. The summed E-state index contributed by atoms with van der Waals surface area (Å²) in [5, 5.41) is 7.12. The van der Waals surface area contributed by atoms with Crippen LogP contribution in [0.1, 0.15) is 46.6 Å². The molecule has 0 bridgehead atoms. The molecular weight excluding hydrogens is 342 g/mol. The van der Waals surface area contributed by atoms with Crippen LogP contribution in [-0.4, -0.2) is 28.3 Å². The zero-order valence-corrected chi connectivity index (χ0v) is 16.8. The number of amides is 1. The first-order valence-electron chi connectivity index (χ1n) is 8.90. The first kappa shape index (κ1) is 20.4. The summed E-state index contributed by atoms with van der Waals surface area (Å²) in [5.74, 6) is -0.900. The number of hydrogen-bond donors (Lipinski definition) is 1. The number of aryl methyl sites for hydroxylation is 4. The third-order valence-corrected chi connectivity index (χ3v) is 4.71. The predicted octanol–water partition coefficient (Wildman–Crippen LogP) is 3.09. The molecule has 0 aliphatic rings. The van der Waals surface area contributed by atoms with E-state index in [-0.39, 0.29) is 18.6 Å². The van der Waals surface area contributed by atoms with Gasteiger partial charge in [-0.15, -0.1) is 0 Å². The molecule has 0 saturated carbocycles. The Morgan fingerprint density at radius 2 is 1.93 bits per heavy atom. The molecule has 144 valence electrons. The highest BCUT2D eigenvalue weighted by Crippen LogP contribution is 2.17. The van der Waals surface area contributed by atoms with Crippen molar-refractivity contribution in [2.75, 3.05) is 6.61 Å². The highest BCUT2D eigenvalue weighted by molar-refractivity contribution is 5.89. The largest absolute Gasteiger partial charge is 0.452 e. The van der Waals surface area contributed by atoms with Gasteiger partial charge in [0.1, 0.15) is 0 Å². The van der Waals surface area contributed by atoms with Gasteiger partial charge in [0.2, 0.25) is 0 Å². The van der Waals surface area contributed by atoms with Crippen molar-refractivity contribution in [1.29, 1.82) is 0 Å². The number of hydrogen-bond acceptors (Lipinski definition) is 4. The maximum atomic E-state index is 12.0. The van der Waals surface area contributed by atoms with Gasteiger partial charge >= 0.3 is 5.97 Å². The molecule has 0 saturated heterocycles. The Kier molecular flexibility index (Phi) is 6.55. The summed E-state index contributed by atoms with van der Waals surface area (Å²) >= 11 is 0. The Morgan fingerprint density at radius 3 is 2.52 bits per heavy atom. The molecule has 0 spiro atoms. The monoisotopic (exact) mass is 369 g/mol. The fraction of sp³-hybridized carbons (Fsp3) is 0.381. The molecule has 2 aromatic rings. The van der Waals surface area contributed by atoms with Crippen LogP contribution < -0.4 is 5.32 Å². The van der Waals surface area contributed by atoms with E-state index in [0.29, 0.717) is 0 Å². The lowest BCUT2D eigenvalue weighted by Gasteiger charge is -2.15. The first-order valence-corrected chi connectivity index (χ1v) is 8.90. The van der Waals surface area contributed by atoms with Crippen molar-refractivity contribution in [2.45, 2.75) is 40.7 Å². The summed E-state index contributed by atoms with van der Waals surface area (Å²) in [6.07, 6.45) is 2.98. The van der Waals surface area contributed by atoms with E-state index in [0.717, 1.165) is 22.5 Å². The van der Waals surface area contributed by atoms with E-state index < -0.39 is 5.97 Å². The zero-order chi connectivity index (χ0) is 20.1. The van der Waals surface area contributed by atoms with Gasteiger partial charge in [0.25, 0.3) is 5.91 Å². The topological polar surface area (TPSA) is 73.2 Å². The van der Waals surface area contributed by atoms with Crippen LogP contribution in [-0.2, 0) is 21.4 Å². The predicted molar refractivity (Wildman–Crippen MR) is 105 cm³/mol. The van der Waals surface area contributed by atoms with Gasteiger partial charge in [-0.05, 0) is 57.4 Å². The van der Waals surface area contributed by atoms with Crippen LogP contribution in [0.15, 0.2) is 24.3 Å². The highest BCUT2D eigenvalue weighted by atomic mass is 16.5. The third kappa shape index (κ3) is 5.29. The summed E-state index contributed by atoms with van der Waals surface area (Å²) in [6, 6.07) is 5.90. The van der Waals surface area contributed by atoms with E-state index in [1.54, 1.807) is 10.8 Å². The van der Waals surface area contributed by atoms with E-state index in [1.807, 2.05) is 59.9 Å². The van der Waals surface area contributed by atoms with Gasteiger partial charge in [0.05, 0.1) is 11.7 Å². The molecule has 0 unspecified atom stereocenters. The summed E-state index contributed by atoms with van der Waals surface area (Å²) in [5.41, 5.74) is 6.06. The number of carbonyl (C=O) groups is 2. The van der Waals surface area contributed by atoms with Crippen molar-refractivity contribution in [3.05, 3.63) is 57.9 Å². The quantitative estimate of drug-likeness (QED) is 0.627. The van der Waals surface area contributed by atoms with Crippen molar-refractivity contribution in [3.63, 3.8) is 0 Å². The van der Waals surface area contributed by atoms with Crippen LogP contribution in [0.5, 0.6) is 0 Å². The second-order valence-corrected chi connectivity index (χ2v) is 6.78. The van der Waals surface area contributed by atoms with E-state index >= 15 is 0 Å². The number of esters is 1. The van der Waals surface area contributed by atoms with E-state index in [2.05, 4.69) is 10.4 Å². The second-order valence-electron chi connectivity index (χ2n) is 6.78. The van der Waals surface area contributed by atoms with Gasteiger partial charge < -0.3 is 10.1 Å². The number of ether oxygens (including phenoxy) is 1. The molecule has 1 aromatic carbocycles. The number of nitrogens with one attached hydrogen (secondary N) is 1. The zero-order valence-electron chi connectivity index (χ0n) is 16.8. The van der Waals surface area contributed by atoms with Crippen molar-refractivity contribution in [3.8, 4) is 0 Å². The van der Waals surface area contributed by atoms with Crippen molar-refractivity contribution in [1.82, 2.24) is 15.1 Å². The average Bonchev–Trinajstić information content (AvgIpc) is 2.85. The molecule has 0 fully saturated rings. The Hall–Kier alpha value is -2.89. The van der Waals surface area contributed by atoms with Gasteiger partial charge in [-0.25, -0.2) is 4.79 Å². The van der Waals surface area contributed by atoms with Gasteiger partial charge in [-0.2, -0.15) is 5.10 Å². The first-order chi connectivity index (χ1) is 12.7. The molecule has 6 nitrogen and oxygen atoms in total. The molecule has 1 N–H and O–H groups in total. The van der Waals surface area contributed by atoms with Crippen LogP contribution in [0, 0.1) is 27.7 Å². The third-order valence-electron chi connectivity index (χ3n) is 4.71. The smallest absolute Gasteiger partial charge is 0.331 e. The summed E-state index contributed by atoms with van der Waals surface area (Å²) < 4.78 is 6.78. The van der Waals surface area contributed by atoms with Crippen molar-refractivity contribution >= 4 is 18.0 Å². The molecule has 6 heteroatoms. The van der Waals surface area contributed by atoms with Crippen LogP contribution in [0.2, 0.25) is 0 Å². The molecule has 27 heavy (non-hydrogen) atoms. The molecule has 1 aromatic heterocycles. The molecule has 0 aliphatic heterocycles. The molecule has 1 amide bonds. The number of carbonyl (C=O) groups excluding carboxylic acids is 2. The van der Waals surface area contributed by atoms with Crippen LogP contribution >= 0.6 is 0 Å². The maximum absolute atomic E-state index is 12.0. The maximum Gasteiger partial charge on any atom is 0.331 e. The summed E-state index contributed by atoms with van der Waals surface area (Å²) in [6.45, 7) is 9.46. The molecule has 1 atom stereocenters. The lowest BCUT2D eigenvalue weighted by atomic mass is 10.0. The molecule has 2 rings (SSSR count). The van der Waals surface area contributed by atoms with Gasteiger partial charge in [-0.1, -0.05) is 18.2 Å². The lowest BCUT2D eigenvalue weighted by molar-refractivity contribution is -0.144. The van der Waals surface area contributed by atoms with E-state index in [4.69, 9.17) is 4.74 Å².